The fraction of sp³-hybridized carbons (Fsp3) is 0.625. The SMILES string of the molecule is CCOc1ccc2c(c1)OC1(CCNC1)CC2N(C)C. The largest absolute Gasteiger partial charge is 0.494 e. The third-order valence-electron chi connectivity index (χ3n) is 4.37. The summed E-state index contributed by atoms with van der Waals surface area (Å²) >= 11 is 0. The second-order valence-electron chi connectivity index (χ2n) is 6.03. The molecule has 0 radical (unpaired) electrons. The smallest absolute Gasteiger partial charge is 0.128 e. The average molecular weight is 276 g/mol. The highest BCUT2D eigenvalue weighted by Crippen LogP contribution is 2.45. The highest BCUT2D eigenvalue weighted by molar-refractivity contribution is 5.45. The van der Waals surface area contributed by atoms with E-state index < -0.39 is 0 Å². The maximum Gasteiger partial charge on any atom is 0.128 e. The van der Waals surface area contributed by atoms with Crippen molar-refractivity contribution >= 4 is 0 Å². The quantitative estimate of drug-likeness (QED) is 0.917. The van der Waals surface area contributed by atoms with Crippen LogP contribution in [0.1, 0.15) is 31.4 Å². The van der Waals surface area contributed by atoms with Gasteiger partial charge in [0.05, 0.1) is 6.61 Å². The molecule has 0 aliphatic carbocycles. The molecule has 0 aromatic heterocycles. The summed E-state index contributed by atoms with van der Waals surface area (Å²) in [5.41, 5.74) is 1.23. The van der Waals surface area contributed by atoms with Crippen molar-refractivity contribution in [1.82, 2.24) is 10.2 Å². The van der Waals surface area contributed by atoms with E-state index in [0.29, 0.717) is 12.6 Å². The van der Waals surface area contributed by atoms with E-state index in [9.17, 15) is 0 Å². The van der Waals surface area contributed by atoms with Crippen LogP contribution in [0.2, 0.25) is 0 Å². The first-order valence-electron chi connectivity index (χ1n) is 7.46. The molecule has 2 aliphatic rings. The van der Waals surface area contributed by atoms with Crippen LogP contribution in [0.3, 0.4) is 0 Å². The molecule has 0 saturated carbocycles. The van der Waals surface area contributed by atoms with Crippen LogP contribution in [0.4, 0.5) is 0 Å². The fourth-order valence-electron chi connectivity index (χ4n) is 3.31. The van der Waals surface area contributed by atoms with Gasteiger partial charge in [-0.25, -0.2) is 0 Å². The predicted molar refractivity (Wildman–Crippen MR) is 79.5 cm³/mol. The van der Waals surface area contributed by atoms with Crippen LogP contribution in [0.25, 0.3) is 0 Å². The predicted octanol–water partition coefficient (Wildman–Crippen LogP) is 2.20. The molecule has 1 aromatic carbocycles. The molecule has 0 bridgehead atoms. The Bertz CT molecular complexity index is 481. The zero-order valence-corrected chi connectivity index (χ0v) is 12.6. The molecule has 20 heavy (non-hydrogen) atoms. The monoisotopic (exact) mass is 276 g/mol. The Kier molecular flexibility index (Phi) is 3.61. The van der Waals surface area contributed by atoms with Crippen molar-refractivity contribution < 1.29 is 9.47 Å². The summed E-state index contributed by atoms with van der Waals surface area (Å²) in [7, 11) is 4.29. The molecule has 4 heteroatoms. The molecule has 2 aliphatic heterocycles. The summed E-state index contributed by atoms with van der Waals surface area (Å²) in [6.45, 7) is 4.67. The van der Waals surface area contributed by atoms with Crippen LogP contribution in [-0.2, 0) is 0 Å². The van der Waals surface area contributed by atoms with Gasteiger partial charge in [-0.15, -0.1) is 0 Å². The summed E-state index contributed by atoms with van der Waals surface area (Å²) in [5.74, 6) is 1.89. The molecule has 1 saturated heterocycles. The van der Waals surface area contributed by atoms with Crippen LogP contribution in [0.5, 0.6) is 11.5 Å². The lowest BCUT2D eigenvalue weighted by Gasteiger charge is -2.42. The first-order valence-corrected chi connectivity index (χ1v) is 7.46. The second kappa shape index (κ2) is 5.26. The molecule has 1 spiro atoms. The van der Waals surface area contributed by atoms with Gasteiger partial charge in [0.25, 0.3) is 0 Å². The van der Waals surface area contributed by atoms with Gasteiger partial charge in [-0.05, 0) is 33.6 Å². The summed E-state index contributed by atoms with van der Waals surface area (Å²) < 4.78 is 12.0. The number of rotatable bonds is 3. The van der Waals surface area contributed by atoms with Gasteiger partial charge in [0.1, 0.15) is 17.1 Å². The van der Waals surface area contributed by atoms with E-state index in [4.69, 9.17) is 9.47 Å². The van der Waals surface area contributed by atoms with Gasteiger partial charge in [-0.2, -0.15) is 0 Å². The maximum absolute atomic E-state index is 6.38. The van der Waals surface area contributed by atoms with Gasteiger partial charge < -0.3 is 19.7 Å². The Morgan fingerprint density at radius 1 is 1.45 bits per heavy atom. The number of nitrogens with zero attached hydrogens (tertiary/aromatic N) is 1. The Labute approximate surface area is 121 Å². The highest BCUT2D eigenvalue weighted by Gasteiger charge is 2.43. The van der Waals surface area contributed by atoms with Gasteiger partial charge in [0, 0.05) is 37.1 Å². The number of hydrogen-bond acceptors (Lipinski definition) is 4. The summed E-state index contributed by atoms with van der Waals surface area (Å²) in [4.78, 5) is 2.29. The van der Waals surface area contributed by atoms with Crippen LogP contribution in [-0.4, -0.2) is 44.3 Å². The van der Waals surface area contributed by atoms with Crippen molar-refractivity contribution in [2.45, 2.75) is 31.4 Å². The van der Waals surface area contributed by atoms with E-state index in [2.05, 4.69) is 36.4 Å². The van der Waals surface area contributed by atoms with Crippen molar-refractivity contribution in [2.75, 3.05) is 33.8 Å². The summed E-state index contributed by atoms with van der Waals surface area (Å²) in [5, 5.41) is 3.44. The lowest BCUT2D eigenvalue weighted by molar-refractivity contribution is 0.0286. The molecule has 110 valence electrons. The standard InChI is InChI=1S/C16H24N2O2/c1-4-19-12-5-6-13-14(18(2)3)10-16(7-8-17-11-16)20-15(13)9-12/h5-6,9,14,17H,4,7-8,10-11H2,1-3H3. The lowest BCUT2D eigenvalue weighted by Crippen LogP contribution is -2.45. The van der Waals surface area contributed by atoms with Crippen molar-refractivity contribution in [3.63, 3.8) is 0 Å². The average Bonchev–Trinajstić information content (AvgIpc) is 2.85. The molecule has 2 unspecified atom stereocenters. The van der Waals surface area contributed by atoms with Gasteiger partial charge >= 0.3 is 0 Å². The van der Waals surface area contributed by atoms with Crippen LogP contribution < -0.4 is 14.8 Å². The van der Waals surface area contributed by atoms with Gasteiger partial charge in [0.2, 0.25) is 0 Å². The number of benzene rings is 1. The van der Waals surface area contributed by atoms with E-state index in [1.807, 2.05) is 13.0 Å². The maximum atomic E-state index is 6.38. The second-order valence-corrected chi connectivity index (χ2v) is 6.03. The van der Waals surface area contributed by atoms with E-state index in [-0.39, 0.29) is 5.60 Å². The van der Waals surface area contributed by atoms with Gasteiger partial charge in [-0.1, -0.05) is 6.07 Å². The molecule has 1 fully saturated rings. The molecular weight excluding hydrogens is 252 g/mol. The number of ether oxygens (including phenoxy) is 2. The Hall–Kier alpha value is -1.26. The summed E-state index contributed by atoms with van der Waals surface area (Å²) in [6.07, 6.45) is 2.13. The fourth-order valence-corrected chi connectivity index (χ4v) is 3.31. The Morgan fingerprint density at radius 3 is 2.95 bits per heavy atom. The number of nitrogens with one attached hydrogen (secondary N) is 1. The molecule has 2 atom stereocenters. The number of fused-ring (bicyclic) bond motifs is 1. The first-order chi connectivity index (χ1) is 9.63. The van der Waals surface area contributed by atoms with Crippen molar-refractivity contribution in [2.24, 2.45) is 0 Å². The molecule has 0 amide bonds. The highest BCUT2D eigenvalue weighted by atomic mass is 16.5. The van der Waals surface area contributed by atoms with E-state index in [1.54, 1.807) is 0 Å². The van der Waals surface area contributed by atoms with Gasteiger partial charge in [-0.3, -0.25) is 0 Å². The molecule has 2 heterocycles. The van der Waals surface area contributed by atoms with Crippen molar-refractivity contribution in [3.8, 4) is 11.5 Å². The van der Waals surface area contributed by atoms with Crippen molar-refractivity contribution in [1.29, 1.82) is 0 Å². The van der Waals surface area contributed by atoms with E-state index in [1.165, 1.54) is 5.56 Å². The molecule has 3 rings (SSSR count). The van der Waals surface area contributed by atoms with Crippen LogP contribution in [0, 0.1) is 0 Å². The minimum absolute atomic E-state index is 0.0488. The number of hydrogen-bond donors (Lipinski definition) is 1. The Balaban J connectivity index is 1.97. The van der Waals surface area contributed by atoms with Crippen LogP contribution in [0.15, 0.2) is 18.2 Å². The van der Waals surface area contributed by atoms with Crippen molar-refractivity contribution in [3.05, 3.63) is 23.8 Å². The molecule has 1 N–H and O–H groups in total. The molecule has 4 nitrogen and oxygen atoms in total. The normalized spacial score (nSPS) is 28.5. The first kappa shape index (κ1) is 13.7. The molecule has 1 aromatic rings. The van der Waals surface area contributed by atoms with Gasteiger partial charge in [0.15, 0.2) is 0 Å². The third-order valence-corrected chi connectivity index (χ3v) is 4.37. The minimum atomic E-state index is -0.0488. The zero-order valence-electron chi connectivity index (χ0n) is 12.6. The summed E-state index contributed by atoms with van der Waals surface area (Å²) in [6, 6.07) is 6.66. The molecular formula is C16H24N2O2. The topological polar surface area (TPSA) is 33.7 Å². The van der Waals surface area contributed by atoms with Crippen LogP contribution >= 0.6 is 0 Å². The Morgan fingerprint density at radius 2 is 2.30 bits per heavy atom. The lowest BCUT2D eigenvalue weighted by atomic mass is 9.86. The zero-order chi connectivity index (χ0) is 14.2. The third kappa shape index (κ3) is 2.38. The van der Waals surface area contributed by atoms with E-state index >= 15 is 0 Å². The minimum Gasteiger partial charge on any atom is -0.494 e. The van der Waals surface area contributed by atoms with E-state index in [0.717, 1.165) is 37.4 Å².